The number of carbonyl (C=O) groups is 3. The zero-order chi connectivity index (χ0) is 55.0. The fourth-order valence-electron chi connectivity index (χ4n) is 7.79. The first kappa shape index (κ1) is 71.0. The van der Waals surface area contributed by atoms with Crippen molar-refractivity contribution in [3.8, 4) is 0 Å². The minimum absolute atomic E-state index is 0.0858. The lowest BCUT2D eigenvalue weighted by Gasteiger charge is -2.18. The molecule has 0 aliphatic carbocycles. The van der Waals surface area contributed by atoms with Crippen molar-refractivity contribution < 1.29 is 28.6 Å². The third-order valence-electron chi connectivity index (χ3n) is 12.3. The lowest BCUT2D eigenvalue weighted by molar-refractivity contribution is -0.166. The molecule has 0 rings (SSSR count). The summed E-state index contributed by atoms with van der Waals surface area (Å²) in [5, 5.41) is 0. The van der Waals surface area contributed by atoms with E-state index < -0.39 is 12.1 Å². The predicted molar refractivity (Wildman–Crippen MR) is 329 cm³/mol. The number of esters is 3. The minimum atomic E-state index is -0.848. The maximum atomic E-state index is 12.8. The van der Waals surface area contributed by atoms with Crippen LogP contribution < -0.4 is 0 Å². The summed E-state index contributed by atoms with van der Waals surface area (Å²) in [6, 6.07) is 0. The highest BCUT2D eigenvalue weighted by Crippen LogP contribution is 2.13. The highest BCUT2D eigenvalue weighted by atomic mass is 16.6. The van der Waals surface area contributed by atoms with Gasteiger partial charge in [0, 0.05) is 12.8 Å². The average Bonchev–Trinajstić information content (AvgIpc) is 3.42. The van der Waals surface area contributed by atoms with Crippen molar-refractivity contribution in [1.29, 1.82) is 0 Å². The fourth-order valence-corrected chi connectivity index (χ4v) is 7.79. The van der Waals surface area contributed by atoms with Crippen molar-refractivity contribution >= 4 is 17.9 Å². The number of hydrogen-bond donors (Lipinski definition) is 0. The molecule has 1 unspecified atom stereocenters. The first-order valence-corrected chi connectivity index (χ1v) is 30.5. The average molecular weight is 1050 g/mol. The summed E-state index contributed by atoms with van der Waals surface area (Å²) in [4.78, 5) is 38.1. The Labute approximate surface area is 467 Å². The first-order chi connectivity index (χ1) is 37.5. The summed E-state index contributed by atoms with van der Waals surface area (Å²) in [7, 11) is 0. The SMILES string of the molecule is CC/C=C\C/C=C\C/C=C\C/C=C\C/C=C\C/C=C\C/C=C\CCCCCCCCCC(=O)OCC(COC(=O)CCCCCCC/C=C\CCCCCCC)OC(=O)C/C=C\C/C=C\C/C=C\C/C=C\C/C=C\CC. The van der Waals surface area contributed by atoms with Gasteiger partial charge in [-0.1, -0.05) is 256 Å². The molecule has 76 heavy (non-hydrogen) atoms. The summed E-state index contributed by atoms with van der Waals surface area (Å²) in [6.07, 6.45) is 91.2. The van der Waals surface area contributed by atoms with E-state index in [4.69, 9.17) is 14.2 Å². The van der Waals surface area contributed by atoms with Crippen LogP contribution in [0.15, 0.2) is 158 Å². The highest BCUT2D eigenvalue weighted by molar-refractivity contribution is 5.72. The molecule has 426 valence electrons. The topological polar surface area (TPSA) is 78.9 Å². The zero-order valence-corrected chi connectivity index (χ0v) is 48.7. The molecule has 0 heterocycles. The van der Waals surface area contributed by atoms with Crippen LogP contribution in [0.4, 0.5) is 0 Å². The summed E-state index contributed by atoms with van der Waals surface area (Å²) in [5.74, 6) is -1.09. The molecule has 0 radical (unpaired) electrons. The summed E-state index contributed by atoms with van der Waals surface area (Å²) >= 11 is 0. The Kier molecular flexibility index (Phi) is 58.5. The second kappa shape index (κ2) is 62.6. The Morgan fingerprint density at radius 3 is 0.882 bits per heavy atom. The van der Waals surface area contributed by atoms with Crippen LogP contribution >= 0.6 is 0 Å². The Bertz CT molecular complexity index is 1720. The second-order valence-electron chi connectivity index (χ2n) is 19.5. The van der Waals surface area contributed by atoms with Crippen LogP contribution in [0.25, 0.3) is 0 Å². The molecular weight excluding hydrogens is 937 g/mol. The smallest absolute Gasteiger partial charge is 0.310 e. The van der Waals surface area contributed by atoms with E-state index in [0.717, 1.165) is 135 Å². The Morgan fingerprint density at radius 2 is 0.553 bits per heavy atom. The monoisotopic (exact) mass is 1050 g/mol. The number of hydrogen-bond acceptors (Lipinski definition) is 6. The molecule has 0 bridgehead atoms. The first-order valence-electron chi connectivity index (χ1n) is 30.5. The zero-order valence-electron chi connectivity index (χ0n) is 48.7. The Morgan fingerprint density at radius 1 is 0.289 bits per heavy atom. The molecule has 0 N–H and O–H groups in total. The van der Waals surface area contributed by atoms with Crippen LogP contribution in [0.5, 0.6) is 0 Å². The van der Waals surface area contributed by atoms with Crippen LogP contribution in [0.1, 0.15) is 245 Å². The van der Waals surface area contributed by atoms with Crippen molar-refractivity contribution in [2.75, 3.05) is 13.2 Å². The highest BCUT2D eigenvalue weighted by Gasteiger charge is 2.19. The predicted octanol–water partition coefficient (Wildman–Crippen LogP) is 20.9. The van der Waals surface area contributed by atoms with Gasteiger partial charge in [0.2, 0.25) is 0 Å². The summed E-state index contributed by atoms with van der Waals surface area (Å²) < 4.78 is 16.7. The maximum Gasteiger partial charge on any atom is 0.310 e. The molecule has 0 amide bonds. The molecule has 0 aliphatic heterocycles. The van der Waals surface area contributed by atoms with Gasteiger partial charge in [0.05, 0.1) is 6.42 Å². The maximum absolute atomic E-state index is 12.8. The fraction of sp³-hybridized carbons (Fsp3) is 0.586. The number of rotatable bonds is 53. The number of allylic oxidation sites excluding steroid dienone is 25. The van der Waals surface area contributed by atoms with Crippen LogP contribution in [0.3, 0.4) is 0 Å². The third-order valence-corrected chi connectivity index (χ3v) is 12.3. The van der Waals surface area contributed by atoms with Crippen LogP contribution in [0, 0.1) is 0 Å². The number of unbranched alkanes of at least 4 members (excludes halogenated alkanes) is 17. The normalized spacial score (nSPS) is 13.2. The number of ether oxygens (including phenoxy) is 3. The van der Waals surface area contributed by atoms with Gasteiger partial charge >= 0.3 is 17.9 Å². The van der Waals surface area contributed by atoms with Gasteiger partial charge in [-0.05, 0) is 128 Å². The van der Waals surface area contributed by atoms with Gasteiger partial charge in [0.25, 0.3) is 0 Å². The molecule has 0 spiro atoms. The van der Waals surface area contributed by atoms with Gasteiger partial charge in [-0.3, -0.25) is 14.4 Å². The molecule has 0 aromatic rings. The second-order valence-corrected chi connectivity index (χ2v) is 19.5. The van der Waals surface area contributed by atoms with Crippen LogP contribution in [-0.4, -0.2) is 37.2 Å². The number of carbonyl (C=O) groups excluding carboxylic acids is 3. The molecule has 0 aliphatic rings. The molecule has 6 nitrogen and oxygen atoms in total. The van der Waals surface area contributed by atoms with E-state index in [-0.39, 0.29) is 31.6 Å². The van der Waals surface area contributed by atoms with E-state index in [9.17, 15) is 14.4 Å². The Balaban J connectivity index is 4.43. The van der Waals surface area contributed by atoms with Gasteiger partial charge < -0.3 is 14.2 Å². The lowest BCUT2D eigenvalue weighted by atomic mass is 10.1. The van der Waals surface area contributed by atoms with E-state index in [1.165, 1.54) is 64.2 Å². The van der Waals surface area contributed by atoms with Gasteiger partial charge in [-0.2, -0.15) is 0 Å². The standard InChI is InChI=1S/C70H110O6/c1-4-7-10-13-16-19-22-25-28-29-30-31-32-33-34-35-36-37-38-39-40-41-43-45-48-51-54-57-60-63-69(72)75-66-67(65-74-68(71)62-59-56-53-50-47-44-27-24-21-18-15-12-9-6-3)76-70(73)64-61-58-55-52-49-46-42-26-23-20-17-14-11-8-5-2/h7-8,10-11,16-17,19-20,24-28,30-31,33-34,36-37,39-40,42,49,52,58,61,67H,4-6,9,12-15,18,21-23,29,32,35,38,41,43-48,50-51,53-57,59-60,62-66H2,1-3H3/b10-7-,11-8-,19-16-,20-17-,27-24-,28-25-,31-30-,34-33-,37-36-,40-39-,42-26-,52-49-,61-58-. The van der Waals surface area contributed by atoms with Gasteiger partial charge in [-0.15, -0.1) is 0 Å². The van der Waals surface area contributed by atoms with Crippen LogP contribution in [0.2, 0.25) is 0 Å². The van der Waals surface area contributed by atoms with Gasteiger partial charge in [0.1, 0.15) is 13.2 Å². The van der Waals surface area contributed by atoms with Gasteiger partial charge in [0.15, 0.2) is 6.10 Å². The van der Waals surface area contributed by atoms with E-state index in [1.54, 1.807) is 6.08 Å². The van der Waals surface area contributed by atoms with Crippen molar-refractivity contribution in [3.63, 3.8) is 0 Å². The Hall–Kier alpha value is -4.97. The van der Waals surface area contributed by atoms with Crippen molar-refractivity contribution in [2.45, 2.75) is 252 Å². The van der Waals surface area contributed by atoms with E-state index >= 15 is 0 Å². The van der Waals surface area contributed by atoms with Gasteiger partial charge in [-0.25, -0.2) is 0 Å². The largest absolute Gasteiger partial charge is 0.462 e. The quantitative estimate of drug-likeness (QED) is 0.0261. The molecule has 0 saturated heterocycles. The molecule has 1 atom stereocenters. The van der Waals surface area contributed by atoms with E-state index in [1.807, 2.05) is 6.08 Å². The third kappa shape index (κ3) is 59.9. The van der Waals surface area contributed by atoms with Crippen LogP contribution in [-0.2, 0) is 28.6 Å². The lowest BCUT2D eigenvalue weighted by Crippen LogP contribution is -2.30. The molecule has 0 fully saturated rings. The summed E-state index contributed by atoms with van der Waals surface area (Å²) in [5.41, 5.74) is 0. The van der Waals surface area contributed by atoms with Crippen molar-refractivity contribution in [3.05, 3.63) is 158 Å². The minimum Gasteiger partial charge on any atom is -0.462 e. The van der Waals surface area contributed by atoms with E-state index in [2.05, 4.69) is 167 Å². The van der Waals surface area contributed by atoms with E-state index in [0.29, 0.717) is 19.3 Å². The molecular formula is C70H110O6. The van der Waals surface area contributed by atoms with Crippen molar-refractivity contribution in [2.24, 2.45) is 0 Å². The summed E-state index contributed by atoms with van der Waals surface area (Å²) in [6.45, 7) is 6.29. The molecule has 0 aromatic carbocycles. The molecule has 0 aromatic heterocycles. The van der Waals surface area contributed by atoms with Crippen molar-refractivity contribution in [1.82, 2.24) is 0 Å². The molecule has 0 saturated carbocycles. The molecule has 6 heteroatoms.